The second-order valence-electron chi connectivity index (χ2n) is 6.42. The van der Waals surface area contributed by atoms with Crippen LogP contribution < -0.4 is 10.0 Å². The molecule has 0 aromatic heterocycles. The van der Waals surface area contributed by atoms with E-state index in [1.54, 1.807) is 48.5 Å². The van der Waals surface area contributed by atoms with Gasteiger partial charge < -0.3 is 9.87 Å². The SMILES string of the molecule is CC(NC(=O)C(NS(=O)[O-])(c1ccccc1)c1ccccc1)c1ccccc1. The van der Waals surface area contributed by atoms with E-state index < -0.39 is 22.7 Å². The maximum absolute atomic E-state index is 13.5. The number of benzene rings is 3. The van der Waals surface area contributed by atoms with Crippen LogP contribution in [-0.4, -0.2) is 14.7 Å². The van der Waals surface area contributed by atoms with Crippen LogP contribution in [0, 0.1) is 0 Å². The minimum atomic E-state index is -2.68. The third kappa shape index (κ3) is 4.20. The summed E-state index contributed by atoms with van der Waals surface area (Å²) in [6.07, 6.45) is 0. The molecule has 0 saturated carbocycles. The van der Waals surface area contributed by atoms with Crippen molar-refractivity contribution in [2.24, 2.45) is 0 Å². The van der Waals surface area contributed by atoms with E-state index in [4.69, 9.17) is 0 Å². The zero-order chi connectivity index (χ0) is 20.0. The summed E-state index contributed by atoms with van der Waals surface area (Å²) >= 11 is -2.68. The molecule has 0 saturated heterocycles. The van der Waals surface area contributed by atoms with Crippen LogP contribution in [0.4, 0.5) is 0 Å². The molecule has 2 unspecified atom stereocenters. The van der Waals surface area contributed by atoms with E-state index in [-0.39, 0.29) is 6.04 Å². The van der Waals surface area contributed by atoms with Crippen LogP contribution in [0.3, 0.4) is 0 Å². The topological polar surface area (TPSA) is 81.3 Å². The van der Waals surface area contributed by atoms with Gasteiger partial charge in [-0.1, -0.05) is 91.0 Å². The molecule has 0 fully saturated rings. The summed E-state index contributed by atoms with van der Waals surface area (Å²) in [5.41, 5.74) is 0.401. The second kappa shape index (κ2) is 8.93. The second-order valence-corrected chi connectivity index (χ2v) is 7.10. The summed E-state index contributed by atoms with van der Waals surface area (Å²) in [4.78, 5) is 13.5. The molecular formula is C22H21N2O3S-. The largest absolute Gasteiger partial charge is 0.760 e. The van der Waals surface area contributed by atoms with Crippen LogP contribution in [0.15, 0.2) is 91.0 Å². The highest BCUT2D eigenvalue weighted by atomic mass is 32.2. The molecule has 0 aliphatic heterocycles. The molecule has 0 aliphatic carbocycles. The van der Waals surface area contributed by atoms with Crippen molar-refractivity contribution in [3.8, 4) is 0 Å². The van der Waals surface area contributed by atoms with Gasteiger partial charge in [0.15, 0.2) is 5.54 Å². The highest BCUT2D eigenvalue weighted by Crippen LogP contribution is 2.31. The average Bonchev–Trinajstić information content (AvgIpc) is 2.73. The van der Waals surface area contributed by atoms with Gasteiger partial charge in [0.2, 0.25) is 0 Å². The van der Waals surface area contributed by atoms with Gasteiger partial charge in [-0.2, -0.15) is 0 Å². The van der Waals surface area contributed by atoms with Crippen molar-refractivity contribution in [3.05, 3.63) is 108 Å². The summed E-state index contributed by atoms with van der Waals surface area (Å²) in [5.74, 6) is -0.453. The maximum Gasteiger partial charge on any atom is 0.250 e. The normalized spacial score (nSPS) is 13.5. The van der Waals surface area contributed by atoms with Gasteiger partial charge in [-0.15, -0.1) is 0 Å². The van der Waals surface area contributed by atoms with Crippen LogP contribution >= 0.6 is 0 Å². The molecule has 2 N–H and O–H groups in total. The van der Waals surface area contributed by atoms with Crippen LogP contribution in [0.25, 0.3) is 0 Å². The van der Waals surface area contributed by atoms with Crippen molar-refractivity contribution in [1.29, 1.82) is 0 Å². The highest BCUT2D eigenvalue weighted by molar-refractivity contribution is 7.77. The molecule has 28 heavy (non-hydrogen) atoms. The standard InChI is InChI=1S/C22H22N2O3S/c1-17(18-11-5-2-6-12-18)23-21(25)22(24-28(26)27,19-13-7-3-8-14-19)20-15-9-4-10-16-20/h2-17,24H,1H3,(H,23,25)(H,26,27)/p-1. The van der Waals surface area contributed by atoms with Gasteiger partial charge in [0.05, 0.1) is 6.04 Å². The van der Waals surface area contributed by atoms with Crippen molar-refractivity contribution in [2.45, 2.75) is 18.5 Å². The fourth-order valence-electron chi connectivity index (χ4n) is 3.22. The first-order valence-corrected chi connectivity index (χ1v) is 9.95. The van der Waals surface area contributed by atoms with E-state index in [1.165, 1.54) is 0 Å². The molecular weight excluding hydrogens is 372 g/mol. The van der Waals surface area contributed by atoms with Crippen LogP contribution in [0.5, 0.6) is 0 Å². The highest BCUT2D eigenvalue weighted by Gasteiger charge is 2.42. The summed E-state index contributed by atoms with van der Waals surface area (Å²) in [6, 6.07) is 26.9. The first-order chi connectivity index (χ1) is 13.5. The van der Waals surface area contributed by atoms with Gasteiger partial charge >= 0.3 is 0 Å². The number of carbonyl (C=O) groups is 1. The van der Waals surface area contributed by atoms with Crippen molar-refractivity contribution in [3.63, 3.8) is 0 Å². The molecule has 0 aliphatic rings. The molecule has 3 aromatic rings. The molecule has 6 heteroatoms. The number of hydrogen-bond acceptors (Lipinski definition) is 3. The van der Waals surface area contributed by atoms with E-state index in [1.807, 2.05) is 49.4 Å². The Bertz CT molecular complexity index is 894. The van der Waals surface area contributed by atoms with E-state index in [9.17, 15) is 13.6 Å². The summed E-state index contributed by atoms with van der Waals surface area (Å²) in [6.45, 7) is 1.86. The number of hydrogen-bond donors (Lipinski definition) is 2. The third-order valence-electron chi connectivity index (χ3n) is 4.64. The Hall–Kier alpha value is -2.80. The molecule has 0 spiro atoms. The fourth-order valence-corrected chi connectivity index (χ4v) is 3.80. The van der Waals surface area contributed by atoms with Gasteiger partial charge in [-0.3, -0.25) is 9.00 Å². The Morgan fingerprint density at radius 2 is 1.29 bits per heavy atom. The van der Waals surface area contributed by atoms with Crippen LogP contribution in [0.2, 0.25) is 0 Å². The van der Waals surface area contributed by atoms with E-state index >= 15 is 0 Å². The van der Waals surface area contributed by atoms with E-state index in [0.717, 1.165) is 5.56 Å². The average molecular weight is 393 g/mol. The number of nitrogens with one attached hydrogen (secondary N) is 2. The number of amides is 1. The molecule has 3 aromatic carbocycles. The van der Waals surface area contributed by atoms with Crippen molar-refractivity contribution >= 4 is 17.2 Å². The Labute approximate surface area is 167 Å². The minimum Gasteiger partial charge on any atom is -0.760 e. The molecule has 0 bridgehead atoms. The predicted molar refractivity (Wildman–Crippen MR) is 109 cm³/mol. The minimum absolute atomic E-state index is 0.303. The van der Waals surface area contributed by atoms with Gasteiger partial charge in [0, 0.05) is 11.3 Å². The lowest BCUT2D eigenvalue weighted by atomic mass is 9.82. The first kappa shape index (κ1) is 19.9. The molecule has 2 atom stereocenters. The van der Waals surface area contributed by atoms with Crippen LogP contribution in [0.1, 0.15) is 29.7 Å². The Kier molecular flexibility index (Phi) is 6.36. The molecule has 144 valence electrons. The summed E-state index contributed by atoms with van der Waals surface area (Å²) in [5, 5.41) is 2.96. The molecule has 5 nitrogen and oxygen atoms in total. The zero-order valence-electron chi connectivity index (χ0n) is 15.4. The van der Waals surface area contributed by atoms with E-state index in [0.29, 0.717) is 11.1 Å². The molecule has 0 heterocycles. The number of rotatable bonds is 7. The first-order valence-electron chi connectivity index (χ1n) is 8.88. The van der Waals surface area contributed by atoms with Gasteiger partial charge in [0.1, 0.15) is 0 Å². The van der Waals surface area contributed by atoms with Crippen molar-refractivity contribution < 1.29 is 13.6 Å². The van der Waals surface area contributed by atoms with Crippen molar-refractivity contribution in [1.82, 2.24) is 10.0 Å². The lowest BCUT2D eigenvalue weighted by Crippen LogP contribution is -2.56. The quantitative estimate of drug-likeness (QED) is 0.605. The lowest BCUT2D eigenvalue weighted by molar-refractivity contribution is -0.126. The maximum atomic E-state index is 13.5. The lowest BCUT2D eigenvalue weighted by Gasteiger charge is -2.36. The summed E-state index contributed by atoms with van der Waals surface area (Å²) < 4.78 is 25.9. The van der Waals surface area contributed by atoms with Gasteiger partial charge in [-0.05, 0) is 23.6 Å². The van der Waals surface area contributed by atoms with Gasteiger partial charge in [-0.25, -0.2) is 4.72 Å². The molecule has 3 rings (SSSR count). The monoisotopic (exact) mass is 393 g/mol. The smallest absolute Gasteiger partial charge is 0.250 e. The van der Waals surface area contributed by atoms with Gasteiger partial charge in [0.25, 0.3) is 5.91 Å². The predicted octanol–water partition coefficient (Wildman–Crippen LogP) is 3.19. The third-order valence-corrected chi connectivity index (χ3v) is 5.11. The zero-order valence-corrected chi connectivity index (χ0v) is 16.2. The number of carbonyl (C=O) groups excluding carboxylic acids is 1. The Balaban J connectivity index is 2.09. The van der Waals surface area contributed by atoms with Crippen molar-refractivity contribution in [2.75, 3.05) is 0 Å². The molecule has 0 radical (unpaired) electrons. The van der Waals surface area contributed by atoms with E-state index in [2.05, 4.69) is 10.0 Å². The molecule has 1 amide bonds. The Morgan fingerprint density at radius 1 is 0.857 bits per heavy atom. The fraction of sp³-hybridized carbons (Fsp3) is 0.136. The summed E-state index contributed by atoms with van der Waals surface area (Å²) in [7, 11) is 0. The van der Waals surface area contributed by atoms with Crippen LogP contribution in [-0.2, 0) is 21.6 Å². The Morgan fingerprint density at radius 3 is 1.71 bits per heavy atom.